The van der Waals surface area contributed by atoms with E-state index in [0.29, 0.717) is 38.9 Å². The number of benzene rings is 3. The maximum absolute atomic E-state index is 13.7. The number of rotatable bonds is 8. The second-order valence-corrected chi connectivity index (χ2v) is 12.8. The van der Waals surface area contributed by atoms with Crippen LogP contribution in [0.3, 0.4) is 0 Å². The van der Waals surface area contributed by atoms with Crippen molar-refractivity contribution in [1.29, 1.82) is 0 Å². The first-order valence-corrected chi connectivity index (χ1v) is 16.2. The van der Waals surface area contributed by atoms with E-state index in [1.807, 2.05) is 24.3 Å². The van der Waals surface area contributed by atoms with Crippen LogP contribution in [0.2, 0.25) is 10.0 Å². The van der Waals surface area contributed by atoms with Gasteiger partial charge in [-0.2, -0.15) is 0 Å². The normalized spacial score (nSPS) is 17.3. The van der Waals surface area contributed by atoms with Gasteiger partial charge >= 0.3 is 0 Å². The van der Waals surface area contributed by atoms with Crippen molar-refractivity contribution in [2.24, 2.45) is 0 Å². The molecule has 0 bridgehead atoms. The molecule has 0 N–H and O–H groups in total. The first-order valence-electron chi connectivity index (χ1n) is 14.6. The van der Waals surface area contributed by atoms with Crippen LogP contribution in [0.4, 0.5) is 0 Å². The summed E-state index contributed by atoms with van der Waals surface area (Å²) in [7, 11) is 1.59. The van der Waals surface area contributed by atoms with E-state index in [1.165, 1.54) is 5.56 Å². The smallest absolute Gasteiger partial charge is 0.175 e. The lowest BCUT2D eigenvalue weighted by Crippen LogP contribution is -2.40. The molecule has 0 aromatic heterocycles. The third kappa shape index (κ3) is 6.02. The molecule has 0 atom stereocenters. The molecule has 0 unspecified atom stereocenters. The van der Waals surface area contributed by atoms with E-state index >= 15 is 0 Å². The third-order valence-corrected chi connectivity index (χ3v) is 9.83. The molecule has 1 heterocycles. The fourth-order valence-corrected chi connectivity index (χ4v) is 7.43. The van der Waals surface area contributed by atoms with Gasteiger partial charge in [0.2, 0.25) is 0 Å². The Bertz CT molecular complexity index is 1600. The Balaban J connectivity index is 1.40. The van der Waals surface area contributed by atoms with Gasteiger partial charge in [0.05, 0.1) is 21.6 Å². The fraction of sp³-hybridized carbons (Fsp3) is 0.314. The Kier molecular flexibility index (Phi) is 8.99. The summed E-state index contributed by atoms with van der Waals surface area (Å²) in [4.78, 5) is 29.8. The van der Waals surface area contributed by atoms with Gasteiger partial charge in [-0.15, -0.1) is 0 Å². The molecule has 3 aromatic rings. The minimum Gasteiger partial charge on any atom is -0.493 e. The van der Waals surface area contributed by atoms with Gasteiger partial charge in [0, 0.05) is 47.8 Å². The Morgan fingerprint density at radius 1 is 0.837 bits per heavy atom. The molecular weight excluding hydrogens is 649 g/mol. The van der Waals surface area contributed by atoms with Crippen molar-refractivity contribution < 1.29 is 19.1 Å². The number of ether oxygens (including phenoxy) is 2. The summed E-state index contributed by atoms with van der Waals surface area (Å²) in [6.45, 7) is 0.996. The van der Waals surface area contributed by atoms with E-state index in [2.05, 4.69) is 45.1 Å². The number of methoxy groups -OCH3 is 1. The SMILES string of the molecule is COc1cc(C2C3=C(CCCC3=O)N(CCc3ccccc3)C3=C2C(=O)CCC3)cc(Br)c1OCc1ccc(Cl)c(Cl)c1. The molecule has 8 heteroatoms. The van der Waals surface area contributed by atoms with Crippen LogP contribution in [-0.4, -0.2) is 30.1 Å². The minimum absolute atomic E-state index is 0.121. The summed E-state index contributed by atoms with van der Waals surface area (Å²) in [6.07, 6.45) is 5.09. The zero-order valence-electron chi connectivity index (χ0n) is 23.9. The third-order valence-electron chi connectivity index (χ3n) is 8.51. The lowest BCUT2D eigenvalue weighted by molar-refractivity contribution is -0.117. The van der Waals surface area contributed by atoms with Gasteiger partial charge in [0.1, 0.15) is 6.61 Å². The molecule has 0 amide bonds. The van der Waals surface area contributed by atoms with Gasteiger partial charge in [-0.05, 0) is 89.0 Å². The van der Waals surface area contributed by atoms with E-state index in [1.54, 1.807) is 19.2 Å². The predicted molar refractivity (Wildman–Crippen MR) is 173 cm³/mol. The van der Waals surface area contributed by atoms with Crippen LogP contribution in [0.25, 0.3) is 0 Å². The Morgan fingerprint density at radius 2 is 1.51 bits per heavy atom. The molecule has 0 radical (unpaired) electrons. The first-order chi connectivity index (χ1) is 20.9. The Hall–Kier alpha value is -3.06. The number of Topliss-reactive ketones (excluding diaryl/α,β-unsaturated/α-hetero) is 2. The highest BCUT2D eigenvalue weighted by molar-refractivity contribution is 9.10. The van der Waals surface area contributed by atoms with Gasteiger partial charge in [-0.25, -0.2) is 0 Å². The predicted octanol–water partition coefficient (Wildman–Crippen LogP) is 9.00. The molecule has 222 valence electrons. The van der Waals surface area contributed by atoms with E-state index < -0.39 is 5.92 Å². The maximum Gasteiger partial charge on any atom is 0.175 e. The van der Waals surface area contributed by atoms with Crippen molar-refractivity contribution in [2.75, 3.05) is 13.7 Å². The van der Waals surface area contributed by atoms with Crippen molar-refractivity contribution in [3.05, 3.63) is 114 Å². The van der Waals surface area contributed by atoms with E-state index in [0.717, 1.165) is 72.3 Å². The summed E-state index contributed by atoms with van der Waals surface area (Å²) in [5, 5.41) is 0.943. The fourth-order valence-electron chi connectivity index (χ4n) is 6.54. The van der Waals surface area contributed by atoms with Gasteiger partial charge < -0.3 is 14.4 Å². The van der Waals surface area contributed by atoms with Crippen LogP contribution in [0.1, 0.15) is 61.1 Å². The van der Waals surface area contributed by atoms with Crippen LogP contribution < -0.4 is 9.47 Å². The van der Waals surface area contributed by atoms with Gasteiger partial charge in [-0.3, -0.25) is 9.59 Å². The molecule has 0 saturated heterocycles. The van der Waals surface area contributed by atoms with Crippen LogP contribution in [-0.2, 0) is 22.6 Å². The number of carbonyl (C=O) groups excluding carboxylic acids is 2. The summed E-state index contributed by atoms with van der Waals surface area (Å²) in [6, 6.07) is 19.6. The van der Waals surface area contributed by atoms with Crippen molar-refractivity contribution in [3.8, 4) is 11.5 Å². The van der Waals surface area contributed by atoms with Crippen LogP contribution in [0.15, 0.2) is 87.7 Å². The molecule has 0 spiro atoms. The van der Waals surface area contributed by atoms with Crippen molar-refractivity contribution in [1.82, 2.24) is 4.90 Å². The average molecular weight is 681 g/mol. The van der Waals surface area contributed by atoms with Crippen LogP contribution >= 0.6 is 39.1 Å². The summed E-state index contributed by atoms with van der Waals surface area (Å²) in [5.41, 5.74) is 6.60. The largest absolute Gasteiger partial charge is 0.493 e. The molecular formula is C35H32BrCl2NO4. The number of halogens is 3. The van der Waals surface area contributed by atoms with Crippen LogP contribution in [0, 0.1) is 0 Å². The number of hydrogen-bond donors (Lipinski definition) is 0. The maximum atomic E-state index is 13.7. The number of hydrogen-bond acceptors (Lipinski definition) is 5. The Morgan fingerprint density at radius 3 is 2.14 bits per heavy atom. The molecule has 0 saturated carbocycles. The lowest BCUT2D eigenvalue weighted by Gasteiger charge is -2.44. The number of allylic oxidation sites excluding steroid dienone is 4. The Labute approximate surface area is 270 Å². The van der Waals surface area contributed by atoms with E-state index in [4.69, 9.17) is 32.7 Å². The summed E-state index contributed by atoms with van der Waals surface area (Å²) >= 11 is 16.0. The first kappa shape index (κ1) is 30.0. The van der Waals surface area contributed by atoms with Gasteiger partial charge in [-0.1, -0.05) is 59.6 Å². The standard InChI is InChI=1S/C35H32BrCl2NO4/c1-42-31-19-23(18-24(36)35(31)43-20-22-13-14-25(37)26(38)17-22)32-33-27(9-5-11-29(33)40)39(16-15-21-7-3-2-4-8-21)28-10-6-12-30(41)34(28)32/h2-4,7-8,13-14,17-19,32H,5-6,9-12,15-16,20H2,1H3. The van der Waals surface area contributed by atoms with Crippen LogP contribution in [0.5, 0.6) is 11.5 Å². The van der Waals surface area contributed by atoms with Gasteiger partial charge in [0.15, 0.2) is 23.1 Å². The molecule has 3 aromatic carbocycles. The minimum atomic E-state index is -0.437. The molecule has 3 aliphatic rings. The van der Waals surface area contributed by atoms with Crippen molar-refractivity contribution >= 4 is 50.7 Å². The zero-order chi connectivity index (χ0) is 30.1. The lowest BCUT2D eigenvalue weighted by atomic mass is 9.71. The monoisotopic (exact) mass is 679 g/mol. The number of nitrogens with zero attached hydrogens (tertiary/aromatic N) is 1. The molecule has 5 nitrogen and oxygen atoms in total. The second kappa shape index (κ2) is 12.9. The second-order valence-electron chi connectivity index (χ2n) is 11.2. The van der Waals surface area contributed by atoms with E-state index in [9.17, 15) is 9.59 Å². The quantitative estimate of drug-likeness (QED) is 0.238. The molecule has 43 heavy (non-hydrogen) atoms. The average Bonchev–Trinajstić information content (AvgIpc) is 3.01. The highest BCUT2D eigenvalue weighted by Gasteiger charge is 2.43. The topological polar surface area (TPSA) is 55.8 Å². The summed E-state index contributed by atoms with van der Waals surface area (Å²) < 4.78 is 12.7. The summed E-state index contributed by atoms with van der Waals surface area (Å²) in [5.74, 6) is 0.859. The van der Waals surface area contributed by atoms with Gasteiger partial charge in [0.25, 0.3) is 0 Å². The number of ketones is 2. The number of carbonyl (C=O) groups is 2. The van der Waals surface area contributed by atoms with Crippen molar-refractivity contribution in [3.63, 3.8) is 0 Å². The highest BCUT2D eigenvalue weighted by atomic mass is 79.9. The molecule has 1 aliphatic heterocycles. The molecule has 0 fully saturated rings. The van der Waals surface area contributed by atoms with E-state index in [-0.39, 0.29) is 18.2 Å². The highest BCUT2D eigenvalue weighted by Crippen LogP contribution is 2.51. The molecule has 2 aliphatic carbocycles. The zero-order valence-corrected chi connectivity index (χ0v) is 27.0. The van der Waals surface area contributed by atoms with Crippen molar-refractivity contribution in [2.45, 2.75) is 57.5 Å². The molecule has 6 rings (SSSR count).